The minimum Gasteiger partial charge on any atom is -0.377 e. The van der Waals surface area contributed by atoms with Crippen LogP contribution in [0.3, 0.4) is 0 Å². The van der Waals surface area contributed by atoms with Crippen LogP contribution in [0.5, 0.6) is 0 Å². The van der Waals surface area contributed by atoms with Crippen LogP contribution in [-0.4, -0.2) is 27.2 Å². The molecule has 1 aliphatic heterocycles. The second-order valence-corrected chi connectivity index (χ2v) is 9.02. The Morgan fingerprint density at radius 3 is 1.85 bits per heavy atom. The normalized spacial score (nSPS) is 13.3. The van der Waals surface area contributed by atoms with Crippen molar-refractivity contribution in [1.29, 1.82) is 0 Å². The van der Waals surface area contributed by atoms with Gasteiger partial charge in [0.05, 0.1) is 0 Å². The summed E-state index contributed by atoms with van der Waals surface area (Å²) in [4.78, 5) is 4.58. The Balaban J connectivity index is 1.25. The fourth-order valence-corrected chi connectivity index (χ4v) is 4.47. The van der Waals surface area contributed by atoms with Crippen molar-refractivity contribution in [2.45, 2.75) is 19.4 Å². The van der Waals surface area contributed by atoms with E-state index in [-0.39, 0.29) is 0 Å². The lowest BCUT2D eigenvalue weighted by molar-refractivity contribution is -0.688. The molecule has 0 saturated carbocycles. The number of benzene rings is 2. The van der Waals surface area contributed by atoms with Gasteiger partial charge in [-0.2, -0.15) is 4.57 Å². The lowest BCUT2D eigenvalue weighted by Crippen LogP contribution is -2.33. The average molecular weight is 437 g/mol. The Labute approximate surface area is 197 Å². The number of anilines is 2. The number of hydrogen-bond donors (Lipinski definition) is 0. The summed E-state index contributed by atoms with van der Waals surface area (Å²) in [6, 6.07) is 26.4. The highest BCUT2D eigenvalue weighted by Gasteiger charge is 2.14. The van der Waals surface area contributed by atoms with Gasteiger partial charge < -0.3 is 9.80 Å². The monoisotopic (exact) mass is 436 g/mol. The van der Waals surface area contributed by atoms with E-state index in [1.165, 1.54) is 59.7 Å². The van der Waals surface area contributed by atoms with E-state index in [9.17, 15) is 0 Å². The third-order valence-corrected chi connectivity index (χ3v) is 6.49. The van der Waals surface area contributed by atoms with Crippen LogP contribution in [0, 0.1) is 0 Å². The van der Waals surface area contributed by atoms with Gasteiger partial charge in [0.1, 0.15) is 0 Å². The highest BCUT2D eigenvalue weighted by atomic mass is 15.1. The number of pyridine rings is 2. The van der Waals surface area contributed by atoms with Gasteiger partial charge >= 0.3 is 0 Å². The van der Waals surface area contributed by atoms with E-state index in [1.807, 2.05) is 0 Å². The van der Waals surface area contributed by atoms with Gasteiger partial charge in [0, 0.05) is 80.5 Å². The first-order valence-corrected chi connectivity index (χ1v) is 11.8. The molecule has 2 aromatic heterocycles. The Morgan fingerprint density at radius 2 is 1.27 bits per heavy atom. The third kappa shape index (κ3) is 4.90. The smallest absolute Gasteiger partial charge is 0.210 e. The predicted octanol–water partition coefficient (Wildman–Crippen LogP) is 4.63. The molecule has 166 valence electrons. The number of nitrogens with zero attached hydrogens (tertiary/aromatic N) is 4. The molecule has 0 spiro atoms. The molecule has 4 aromatic rings. The van der Waals surface area contributed by atoms with Crippen molar-refractivity contribution in [1.82, 2.24) is 0 Å². The highest BCUT2D eigenvalue weighted by Crippen LogP contribution is 2.22. The largest absolute Gasteiger partial charge is 0.377 e. The topological polar surface area (TPSA) is 14.2 Å². The van der Waals surface area contributed by atoms with E-state index < -0.39 is 0 Å². The molecular formula is C29H32N4+2. The molecule has 0 atom stereocenters. The summed E-state index contributed by atoms with van der Waals surface area (Å²) < 4.78 is 4.40. The van der Waals surface area contributed by atoms with Gasteiger partial charge in [0.15, 0.2) is 31.3 Å². The molecule has 4 heteroatoms. The molecule has 2 aromatic carbocycles. The van der Waals surface area contributed by atoms with E-state index in [0.717, 1.165) is 6.54 Å². The molecule has 0 aliphatic carbocycles. The second kappa shape index (κ2) is 9.45. The van der Waals surface area contributed by atoms with Crippen LogP contribution in [0.2, 0.25) is 0 Å². The maximum Gasteiger partial charge on any atom is 0.210 e. The quantitative estimate of drug-likeness (QED) is 0.409. The summed E-state index contributed by atoms with van der Waals surface area (Å²) in [5.41, 5.74) is 7.50. The van der Waals surface area contributed by atoms with Crippen molar-refractivity contribution in [3.8, 4) is 16.8 Å². The Kier molecular flexibility index (Phi) is 6.07. The third-order valence-electron chi connectivity index (χ3n) is 6.49. The zero-order valence-corrected chi connectivity index (χ0v) is 19.6. The summed E-state index contributed by atoms with van der Waals surface area (Å²) in [7, 11) is 4.13. The standard InChI is InChI=1S/C29H32N4/c1-30(2)27-13-19-31(20-14-27)23-24-5-7-25(8-6-24)26-9-11-28(12-10-26)33-21-15-29(16-22-33)32-17-3-4-18-32/h5-16,19-22H,3-4,17-18,23H2,1-2H3/q+2. The number of hydrogen-bond acceptors (Lipinski definition) is 2. The Hall–Kier alpha value is -3.66. The zero-order chi connectivity index (χ0) is 22.6. The molecule has 0 radical (unpaired) electrons. The molecule has 33 heavy (non-hydrogen) atoms. The van der Waals surface area contributed by atoms with Crippen molar-refractivity contribution < 1.29 is 9.13 Å². The molecule has 1 fully saturated rings. The van der Waals surface area contributed by atoms with Crippen LogP contribution >= 0.6 is 0 Å². The van der Waals surface area contributed by atoms with Crippen LogP contribution in [-0.2, 0) is 6.54 Å². The molecule has 4 nitrogen and oxygen atoms in total. The first-order valence-electron chi connectivity index (χ1n) is 11.8. The number of rotatable bonds is 6. The average Bonchev–Trinajstić information content (AvgIpc) is 3.40. The lowest BCUT2D eigenvalue weighted by Gasteiger charge is -2.16. The van der Waals surface area contributed by atoms with Crippen LogP contribution in [0.1, 0.15) is 18.4 Å². The maximum atomic E-state index is 2.47. The summed E-state index contributed by atoms with van der Waals surface area (Å²) >= 11 is 0. The molecule has 3 heterocycles. The fourth-order valence-electron chi connectivity index (χ4n) is 4.47. The second-order valence-electron chi connectivity index (χ2n) is 9.02. The van der Waals surface area contributed by atoms with Crippen LogP contribution < -0.4 is 18.9 Å². The van der Waals surface area contributed by atoms with E-state index in [4.69, 9.17) is 0 Å². The molecule has 0 bridgehead atoms. The minimum atomic E-state index is 0.872. The van der Waals surface area contributed by atoms with Crippen LogP contribution in [0.4, 0.5) is 11.4 Å². The molecule has 1 aliphatic rings. The molecule has 0 N–H and O–H groups in total. The summed E-state index contributed by atoms with van der Waals surface area (Å²) in [5.74, 6) is 0. The SMILES string of the molecule is CN(C)c1cc[n+](Cc2ccc(-c3ccc(-[n+]4ccc(N5CCCC5)cc4)cc3)cc2)cc1. The first kappa shape index (κ1) is 21.2. The summed E-state index contributed by atoms with van der Waals surface area (Å²) in [6.45, 7) is 3.23. The van der Waals surface area contributed by atoms with E-state index in [2.05, 4.69) is 131 Å². The summed E-state index contributed by atoms with van der Waals surface area (Å²) in [6.07, 6.45) is 11.2. The molecule has 0 unspecified atom stereocenters. The van der Waals surface area contributed by atoms with Gasteiger partial charge in [-0.25, -0.2) is 4.57 Å². The van der Waals surface area contributed by atoms with Crippen molar-refractivity contribution in [3.63, 3.8) is 0 Å². The van der Waals surface area contributed by atoms with Crippen LogP contribution in [0.15, 0.2) is 97.6 Å². The fraction of sp³-hybridized carbons (Fsp3) is 0.241. The van der Waals surface area contributed by atoms with Gasteiger partial charge in [-0.05, 0) is 36.1 Å². The van der Waals surface area contributed by atoms with E-state index in [1.54, 1.807) is 0 Å². The molecule has 1 saturated heterocycles. The Morgan fingerprint density at radius 1 is 0.697 bits per heavy atom. The zero-order valence-electron chi connectivity index (χ0n) is 19.6. The van der Waals surface area contributed by atoms with E-state index in [0.29, 0.717) is 0 Å². The molecular weight excluding hydrogens is 404 g/mol. The highest BCUT2D eigenvalue weighted by molar-refractivity contribution is 5.64. The predicted molar refractivity (Wildman–Crippen MR) is 135 cm³/mol. The lowest BCUT2D eigenvalue weighted by atomic mass is 10.0. The van der Waals surface area contributed by atoms with Crippen molar-refractivity contribution in [2.75, 3.05) is 37.0 Å². The maximum absolute atomic E-state index is 2.47. The number of aromatic nitrogens is 2. The van der Waals surface area contributed by atoms with Crippen LogP contribution in [0.25, 0.3) is 16.8 Å². The van der Waals surface area contributed by atoms with Gasteiger partial charge in [-0.3, -0.25) is 0 Å². The van der Waals surface area contributed by atoms with Crippen molar-refractivity contribution in [3.05, 3.63) is 103 Å². The first-order chi connectivity index (χ1) is 16.2. The minimum absolute atomic E-state index is 0.872. The van der Waals surface area contributed by atoms with Gasteiger partial charge in [-0.1, -0.05) is 24.3 Å². The Bertz CT molecular complexity index is 1170. The van der Waals surface area contributed by atoms with Gasteiger partial charge in [-0.15, -0.1) is 0 Å². The summed E-state index contributed by atoms with van der Waals surface area (Å²) in [5, 5.41) is 0. The van der Waals surface area contributed by atoms with Gasteiger partial charge in [0.2, 0.25) is 5.69 Å². The van der Waals surface area contributed by atoms with Crippen molar-refractivity contribution in [2.24, 2.45) is 0 Å². The van der Waals surface area contributed by atoms with E-state index >= 15 is 0 Å². The molecule has 5 rings (SSSR count). The van der Waals surface area contributed by atoms with Gasteiger partial charge in [0.25, 0.3) is 0 Å². The molecule has 0 amide bonds. The van der Waals surface area contributed by atoms with Crippen molar-refractivity contribution >= 4 is 11.4 Å².